The Labute approximate surface area is 107 Å². The maximum Gasteiger partial charge on any atom is 0.416 e. The zero-order chi connectivity index (χ0) is 13.9. The summed E-state index contributed by atoms with van der Waals surface area (Å²) < 4.78 is 42.8. The maximum atomic E-state index is 12.5. The van der Waals surface area contributed by atoms with Crippen LogP contribution in [0.15, 0.2) is 36.7 Å². The van der Waals surface area contributed by atoms with E-state index in [2.05, 4.69) is 15.3 Å². The number of alkyl halides is 3. The summed E-state index contributed by atoms with van der Waals surface area (Å²) in [5, 5.41) is 2.76. The molecule has 1 aromatic carbocycles. The summed E-state index contributed by atoms with van der Waals surface area (Å²) in [4.78, 5) is 7.85. The standard InChI is InChI=1S/C12H10F3N3O/c1-16-10-6-17-7-11(18-10)19-9-4-2-3-8(5-9)12(13,14)15/h2-7H,1H3,(H,16,18). The van der Waals surface area contributed by atoms with Crippen molar-refractivity contribution in [3.05, 3.63) is 42.2 Å². The molecule has 1 aromatic heterocycles. The normalized spacial score (nSPS) is 11.2. The number of nitrogens with one attached hydrogen (secondary N) is 1. The van der Waals surface area contributed by atoms with E-state index in [1.807, 2.05) is 0 Å². The Hall–Kier alpha value is -2.31. The Bertz CT molecular complexity index is 572. The van der Waals surface area contributed by atoms with Gasteiger partial charge in [0.1, 0.15) is 11.6 Å². The van der Waals surface area contributed by atoms with Crippen LogP contribution >= 0.6 is 0 Å². The molecule has 0 radical (unpaired) electrons. The topological polar surface area (TPSA) is 47.0 Å². The molecule has 2 rings (SSSR count). The van der Waals surface area contributed by atoms with Crippen molar-refractivity contribution in [1.82, 2.24) is 9.97 Å². The van der Waals surface area contributed by atoms with Gasteiger partial charge in [-0.25, -0.2) is 0 Å². The Morgan fingerprint density at radius 1 is 1.21 bits per heavy atom. The largest absolute Gasteiger partial charge is 0.437 e. The average molecular weight is 269 g/mol. The smallest absolute Gasteiger partial charge is 0.416 e. The van der Waals surface area contributed by atoms with Gasteiger partial charge in [-0.05, 0) is 18.2 Å². The van der Waals surface area contributed by atoms with E-state index in [1.165, 1.54) is 24.5 Å². The van der Waals surface area contributed by atoms with Crippen molar-refractivity contribution in [1.29, 1.82) is 0 Å². The van der Waals surface area contributed by atoms with Crippen molar-refractivity contribution in [3.63, 3.8) is 0 Å². The lowest BCUT2D eigenvalue weighted by molar-refractivity contribution is -0.137. The first-order valence-electron chi connectivity index (χ1n) is 5.34. The van der Waals surface area contributed by atoms with E-state index in [0.29, 0.717) is 5.82 Å². The fourth-order valence-corrected chi connectivity index (χ4v) is 1.37. The molecule has 0 aliphatic carbocycles. The summed E-state index contributed by atoms with van der Waals surface area (Å²) >= 11 is 0. The van der Waals surface area contributed by atoms with Crippen molar-refractivity contribution in [2.24, 2.45) is 0 Å². The minimum Gasteiger partial charge on any atom is -0.437 e. The lowest BCUT2D eigenvalue weighted by atomic mass is 10.2. The number of hydrogen-bond donors (Lipinski definition) is 1. The molecule has 0 saturated heterocycles. The monoisotopic (exact) mass is 269 g/mol. The molecular formula is C12H10F3N3O. The van der Waals surface area contributed by atoms with Gasteiger partial charge in [0.2, 0.25) is 5.88 Å². The third kappa shape index (κ3) is 3.34. The van der Waals surface area contributed by atoms with E-state index < -0.39 is 11.7 Å². The van der Waals surface area contributed by atoms with E-state index >= 15 is 0 Å². The SMILES string of the molecule is CNc1cncc(Oc2cccc(C(F)(F)F)c2)n1. The summed E-state index contributed by atoms with van der Waals surface area (Å²) in [7, 11) is 1.65. The summed E-state index contributed by atoms with van der Waals surface area (Å²) in [6, 6.07) is 4.58. The maximum absolute atomic E-state index is 12.5. The predicted octanol–water partition coefficient (Wildman–Crippen LogP) is 3.33. The third-order valence-electron chi connectivity index (χ3n) is 2.25. The number of anilines is 1. The van der Waals surface area contributed by atoms with Gasteiger partial charge in [0.15, 0.2) is 0 Å². The molecule has 7 heteroatoms. The quantitative estimate of drug-likeness (QED) is 0.928. The average Bonchev–Trinajstić information content (AvgIpc) is 2.38. The van der Waals surface area contributed by atoms with Crippen LogP contribution in [0.25, 0.3) is 0 Å². The lowest BCUT2D eigenvalue weighted by Gasteiger charge is -2.09. The Kier molecular flexibility index (Phi) is 3.55. The molecule has 0 aliphatic heterocycles. The Morgan fingerprint density at radius 2 is 2.00 bits per heavy atom. The highest BCUT2D eigenvalue weighted by Gasteiger charge is 2.30. The van der Waals surface area contributed by atoms with E-state index in [-0.39, 0.29) is 11.6 Å². The molecule has 1 heterocycles. The van der Waals surface area contributed by atoms with Gasteiger partial charge in [-0.1, -0.05) is 6.07 Å². The second-order valence-corrected chi connectivity index (χ2v) is 3.62. The van der Waals surface area contributed by atoms with Gasteiger partial charge in [-0.2, -0.15) is 18.2 Å². The first-order chi connectivity index (χ1) is 8.99. The number of nitrogens with zero attached hydrogens (tertiary/aromatic N) is 2. The van der Waals surface area contributed by atoms with E-state index in [4.69, 9.17) is 4.74 Å². The molecule has 1 N–H and O–H groups in total. The van der Waals surface area contributed by atoms with Gasteiger partial charge < -0.3 is 10.1 Å². The number of aromatic nitrogens is 2. The van der Waals surface area contributed by atoms with Crippen LogP contribution in [-0.2, 0) is 6.18 Å². The highest BCUT2D eigenvalue weighted by Crippen LogP contribution is 2.32. The van der Waals surface area contributed by atoms with Gasteiger partial charge in [-0.3, -0.25) is 4.98 Å². The summed E-state index contributed by atoms with van der Waals surface area (Å²) in [5.74, 6) is 0.632. The van der Waals surface area contributed by atoms with Crippen molar-refractivity contribution in [3.8, 4) is 11.6 Å². The Morgan fingerprint density at radius 3 is 2.68 bits per heavy atom. The highest BCUT2D eigenvalue weighted by atomic mass is 19.4. The third-order valence-corrected chi connectivity index (χ3v) is 2.25. The van der Waals surface area contributed by atoms with Crippen LogP contribution in [0.2, 0.25) is 0 Å². The molecule has 0 aliphatic rings. The van der Waals surface area contributed by atoms with Crippen LogP contribution < -0.4 is 10.1 Å². The fraction of sp³-hybridized carbons (Fsp3) is 0.167. The first kappa shape index (κ1) is 13.1. The number of ether oxygens (including phenoxy) is 1. The van der Waals surface area contributed by atoms with Crippen molar-refractivity contribution in [2.75, 3.05) is 12.4 Å². The van der Waals surface area contributed by atoms with Gasteiger partial charge in [0, 0.05) is 7.05 Å². The lowest BCUT2D eigenvalue weighted by Crippen LogP contribution is -2.04. The van der Waals surface area contributed by atoms with Crippen LogP contribution in [-0.4, -0.2) is 17.0 Å². The van der Waals surface area contributed by atoms with Gasteiger partial charge in [0.25, 0.3) is 0 Å². The highest BCUT2D eigenvalue weighted by molar-refractivity contribution is 5.36. The zero-order valence-corrected chi connectivity index (χ0v) is 9.90. The van der Waals surface area contributed by atoms with Crippen LogP contribution in [0.3, 0.4) is 0 Å². The molecule has 100 valence electrons. The zero-order valence-electron chi connectivity index (χ0n) is 9.90. The number of hydrogen-bond acceptors (Lipinski definition) is 4. The molecule has 0 unspecified atom stereocenters. The number of rotatable bonds is 3. The van der Waals surface area contributed by atoms with Crippen molar-refractivity contribution in [2.45, 2.75) is 6.18 Å². The second kappa shape index (κ2) is 5.13. The fourth-order valence-electron chi connectivity index (χ4n) is 1.37. The minimum atomic E-state index is -4.40. The molecule has 0 amide bonds. The van der Waals surface area contributed by atoms with Gasteiger partial charge in [0.05, 0.1) is 18.0 Å². The molecule has 0 bridgehead atoms. The second-order valence-electron chi connectivity index (χ2n) is 3.62. The minimum absolute atomic E-state index is 0.0531. The molecular weight excluding hydrogens is 259 g/mol. The molecule has 4 nitrogen and oxygen atoms in total. The number of halogens is 3. The van der Waals surface area contributed by atoms with Gasteiger partial charge >= 0.3 is 6.18 Å². The van der Waals surface area contributed by atoms with Crippen LogP contribution in [0, 0.1) is 0 Å². The molecule has 19 heavy (non-hydrogen) atoms. The Balaban J connectivity index is 2.23. The van der Waals surface area contributed by atoms with E-state index in [1.54, 1.807) is 7.05 Å². The molecule has 0 fully saturated rings. The number of benzene rings is 1. The molecule has 0 atom stereocenters. The summed E-state index contributed by atoms with van der Waals surface area (Å²) in [5.41, 5.74) is -0.775. The van der Waals surface area contributed by atoms with Crippen LogP contribution in [0.4, 0.5) is 19.0 Å². The van der Waals surface area contributed by atoms with Gasteiger partial charge in [-0.15, -0.1) is 0 Å². The summed E-state index contributed by atoms with van der Waals surface area (Å²) in [6.07, 6.45) is -1.61. The molecule has 0 saturated carbocycles. The van der Waals surface area contributed by atoms with Crippen LogP contribution in [0.5, 0.6) is 11.6 Å². The molecule has 2 aromatic rings. The van der Waals surface area contributed by atoms with Crippen molar-refractivity contribution >= 4 is 5.82 Å². The predicted molar refractivity (Wildman–Crippen MR) is 63.1 cm³/mol. The van der Waals surface area contributed by atoms with Crippen LogP contribution in [0.1, 0.15) is 5.56 Å². The van der Waals surface area contributed by atoms with E-state index in [0.717, 1.165) is 12.1 Å². The summed E-state index contributed by atoms with van der Waals surface area (Å²) in [6.45, 7) is 0. The molecule has 0 spiro atoms. The first-order valence-corrected chi connectivity index (χ1v) is 5.34. The van der Waals surface area contributed by atoms with E-state index in [9.17, 15) is 13.2 Å². The van der Waals surface area contributed by atoms with Crippen molar-refractivity contribution < 1.29 is 17.9 Å².